The molecule has 3 rings (SSSR count). The zero-order chi connectivity index (χ0) is 20.6. The Morgan fingerprint density at radius 1 is 1.21 bits per heavy atom. The summed E-state index contributed by atoms with van der Waals surface area (Å²) in [5.74, 6) is 2.22. The number of benzene rings is 2. The summed E-state index contributed by atoms with van der Waals surface area (Å²) in [4.78, 5) is 12.6. The van der Waals surface area contributed by atoms with Crippen LogP contribution in [0.5, 0.6) is 11.5 Å². The van der Waals surface area contributed by atoms with Crippen LogP contribution >= 0.6 is 11.8 Å². The van der Waals surface area contributed by atoms with Gasteiger partial charge < -0.3 is 9.47 Å². The standard InChI is InChI=1S/C22H23N3O3S/c1-4-12-25-21(14-28-17-9-7-8-16(2)13-17)23-24-22(25)29-15-19(26)18-10-5-6-11-20(18)27-3/h4-11,13H,1,12,14-15H2,2-3H3. The zero-order valence-corrected chi connectivity index (χ0v) is 17.3. The van der Waals surface area contributed by atoms with E-state index in [1.165, 1.54) is 11.8 Å². The molecule has 0 aliphatic carbocycles. The molecule has 6 nitrogen and oxygen atoms in total. The highest BCUT2D eigenvalue weighted by Crippen LogP contribution is 2.23. The van der Waals surface area contributed by atoms with Crippen molar-refractivity contribution in [3.05, 3.63) is 78.1 Å². The maximum absolute atomic E-state index is 12.6. The molecule has 3 aromatic rings. The van der Waals surface area contributed by atoms with Gasteiger partial charge in [0.05, 0.1) is 18.4 Å². The lowest BCUT2D eigenvalue weighted by molar-refractivity contribution is 0.101. The predicted molar refractivity (Wildman–Crippen MR) is 114 cm³/mol. The minimum atomic E-state index is -0.0295. The number of carbonyl (C=O) groups is 1. The molecule has 0 saturated heterocycles. The molecule has 0 amide bonds. The van der Waals surface area contributed by atoms with Crippen molar-refractivity contribution in [1.29, 1.82) is 0 Å². The van der Waals surface area contributed by atoms with E-state index in [1.54, 1.807) is 25.3 Å². The van der Waals surface area contributed by atoms with Crippen molar-refractivity contribution in [3.63, 3.8) is 0 Å². The van der Waals surface area contributed by atoms with Crippen LogP contribution < -0.4 is 9.47 Å². The van der Waals surface area contributed by atoms with Crippen LogP contribution in [0.15, 0.2) is 66.3 Å². The molecule has 150 valence electrons. The van der Waals surface area contributed by atoms with Crippen molar-refractivity contribution in [2.75, 3.05) is 12.9 Å². The van der Waals surface area contributed by atoms with Crippen LogP contribution in [0.1, 0.15) is 21.7 Å². The second-order valence-electron chi connectivity index (χ2n) is 6.32. The Balaban J connectivity index is 1.69. The number of Topliss-reactive ketones (excluding diaryl/α,β-unsaturated/α-hetero) is 1. The molecule has 0 aliphatic rings. The zero-order valence-electron chi connectivity index (χ0n) is 16.5. The van der Waals surface area contributed by atoms with Gasteiger partial charge in [0, 0.05) is 6.54 Å². The van der Waals surface area contributed by atoms with Crippen molar-refractivity contribution in [2.45, 2.75) is 25.2 Å². The number of ketones is 1. The van der Waals surface area contributed by atoms with Gasteiger partial charge in [-0.15, -0.1) is 16.8 Å². The summed E-state index contributed by atoms with van der Waals surface area (Å²) in [6.45, 7) is 6.63. The summed E-state index contributed by atoms with van der Waals surface area (Å²) in [5.41, 5.74) is 1.68. The third kappa shape index (κ3) is 5.26. The molecule has 0 atom stereocenters. The fourth-order valence-corrected chi connectivity index (χ4v) is 3.63. The first kappa shape index (κ1) is 20.7. The van der Waals surface area contributed by atoms with E-state index < -0.39 is 0 Å². The smallest absolute Gasteiger partial charge is 0.192 e. The van der Waals surface area contributed by atoms with Gasteiger partial charge in [-0.1, -0.05) is 42.1 Å². The summed E-state index contributed by atoms with van der Waals surface area (Å²) >= 11 is 1.34. The lowest BCUT2D eigenvalue weighted by Crippen LogP contribution is -2.09. The lowest BCUT2D eigenvalue weighted by Gasteiger charge is -2.10. The van der Waals surface area contributed by atoms with Crippen molar-refractivity contribution >= 4 is 17.5 Å². The monoisotopic (exact) mass is 409 g/mol. The topological polar surface area (TPSA) is 66.2 Å². The van der Waals surface area contributed by atoms with Gasteiger partial charge in [0.15, 0.2) is 16.8 Å². The van der Waals surface area contributed by atoms with Crippen LogP contribution in [0, 0.1) is 6.92 Å². The number of thioether (sulfide) groups is 1. The maximum atomic E-state index is 12.6. The number of aryl methyl sites for hydroxylation is 1. The number of aromatic nitrogens is 3. The first-order chi connectivity index (χ1) is 14.1. The van der Waals surface area contributed by atoms with Gasteiger partial charge in [-0.25, -0.2) is 0 Å². The van der Waals surface area contributed by atoms with E-state index in [-0.39, 0.29) is 18.1 Å². The van der Waals surface area contributed by atoms with Crippen LogP contribution in [0.4, 0.5) is 0 Å². The number of hydrogen-bond acceptors (Lipinski definition) is 6. The third-order valence-corrected chi connectivity index (χ3v) is 5.17. The third-order valence-electron chi connectivity index (χ3n) is 4.20. The summed E-state index contributed by atoms with van der Waals surface area (Å²) in [6, 6.07) is 15.0. The summed E-state index contributed by atoms with van der Waals surface area (Å²) in [5, 5.41) is 9.13. The molecule has 0 bridgehead atoms. The second kappa shape index (κ2) is 9.93. The van der Waals surface area contributed by atoms with Crippen LogP contribution in [-0.4, -0.2) is 33.4 Å². The number of hydrogen-bond donors (Lipinski definition) is 0. The molecule has 2 aromatic carbocycles. The molecule has 29 heavy (non-hydrogen) atoms. The second-order valence-corrected chi connectivity index (χ2v) is 7.26. The van der Waals surface area contributed by atoms with Gasteiger partial charge in [-0.05, 0) is 36.8 Å². The van der Waals surface area contributed by atoms with Crippen molar-refractivity contribution in [1.82, 2.24) is 14.8 Å². The maximum Gasteiger partial charge on any atom is 0.192 e. The number of methoxy groups -OCH3 is 1. The molecular weight excluding hydrogens is 386 g/mol. The number of allylic oxidation sites excluding steroid dienone is 1. The van der Waals surface area contributed by atoms with Crippen LogP contribution in [-0.2, 0) is 13.2 Å². The van der Waals surface area contributed by atoms with Crippen molar-refractivity contribution in [2.24, 2.45) is 0 Å². The Bertz CT molecular complexity index is 1000. The fraction of sp³-hybridized carbons (Fsp3) is 0.227. The minimum absolute atomic E-state index is 0.0295. The fourth-order valence-electron chi connectivity index (χ4n) is 2.78. The van der Waals surface area contributed by atoms with Gasteiger partial charge >= 0.3 is 0 Å². The summed E-state index contributed by atoms with van der Waals surface area (Å²) in [6.07, 6.45) is 1.77. The molecule has 0 spiro atoms. The molecule has 7 heteroatoms. The number of rotatable bonds is 10. The van der Waals surface area contributed by atoms with Crippen LogP contribution in [0.25, 0.3) is 0 Å². The Kier molecular flexibility index (Phi) is 7.08. The number of para-hydroxylation sites is 1. The molecule has 0 unspecified atom stereocenters. The molecule has 0 N–H and O–H groups in total. The average Bonchev–Trinajstić information content (AvgIpc) is 3.12. The Morgan fingerprint density at radius 3 is 2.79 bits per heavy atom. The van der Waals surface area contributed by atoms with Gasteiger partial charge in [0.2, 0.25) is 0 Å². The Hall–Kier alpha value is -3.06. The van der Waals surface area contributed by atoms with Gasteiger partial charge in [0.25, 0.3) is 0 Å². The normalized spacial score (nSPS) is 10.6. The summed E-state index contributed by atoms with van der Waals surface area (Å²) in [7, 11) is 1.56. The van der Waals surface area contributed by atoms with E-state index in [1.807, 2.05) is 47.9 Å². The number of carbonyl (C=O) groups excluding carboxylic acids is 1. The molecule has 0 fully saturated rings. The van der Waals surface area contributed by atoms with E-state index in [4.69, 9.17) is 9.47 Å². The minimum Gasteiger partial charge on any atom is -0.496 e. The molecule has 0 radical (unpaired) electrons. The molecule has 1 heterocycles. The van der Waals surface area contributed by atoms with E-state index >= 15 is 0 Å². The van der Waals surface area contributed by atoms with E-state index in [9.17, 15) is 4.79 Å². The average molecular weight is 410 g/mol. The van der Waals surface area contributed by atoms with Crippen molar-refractivity contribution < 1.29 is 14.3 Å². The first-order valence-electron chi connectivity index (χ1n) is 9.14. The first-order valence-corrected chi connectivity index (χ1v) is 10.1. The Morgan fingerprint density at radius 2 is 2.03 bits per heavy atom. The lowest BCUT2D eigenvalue weighted by atomic mass is 10.1. The number of ether oxygens (including phenoxy) is 2. The highest BCUT2D eigenvalue weighted by Gasteiger charge is 2.16. The van der Waals surface area contributed by atoms with Gasteiger partial charge in [-0.2, -0.15) is 0 Å². The predicted octanol–water partition coefficient (Wildman–Crippen LogP) is 4.34. The highest BCUT2D eigenvalue weighted by molar-refractivity contribution is 7.99. The molecule has 0 aliphatic heterocycles. The molecular formula is C22H23N3O3S. The molecule has 1 aromatic heterocycles. The SMILES string of the molecule is C=CCn1c(COc2cccc(C)c2)nnc1SCC(=O)c1ccccc1OC. The van der Waals surface area contributed by atoms with E-state index in [0.717, 1.165) is 11.3 Å². The van der Waals surface area contributed by atoms with Gasteiger partial charge in [0.1, 0.15) is 18.1 Å². The largest absolute Gasteiger partial charge is 0.496 e. The summed E-state index contributed by atoms with van der Waals surface area (Å²) < 4.78 is 13.0. The number of nitrogens with zero attached hydrogens (tertiary/aromatic N) is 3. The van der Waals surface area contributed by atoms with Gasteiger partial charge in [-0.3, -0.25) is 9.36 Å². The quantitative estimate of drug-likeness (QED) is 0.282. The molecule has 0 saturated carbocycles. The van der Waals surface area contributed by atoms with E-state index in [2.05, 4.69) is 16.8 Å². The van der Waals surface area contributed by atoms with E-state index in [0.29, 0.717) is 28.8 Å². The van der Waals surface area contributed by atoms with Crippen molar-refractivity contribution in [3.8, 4) is 11.5 Å². The van der Waals surface area contributed by atoms with Crippen LogP contribution in [0.3, 0.4) is 0 Å². The highest BCUT2D eigenvalue weighted by atomic mass is 32.2. The van der Waals surface area contributed by atoms with Crippen LogP contribution in [0.2, 0.25) is 0 Å². The Labute approximate surface area is 174 Å².